The Kier molecular flexibility index (Phi) is 6.99. The zero-order chi connectivity index (χ0) is 30.6. The summed E-state index contributed by atoms with van der Waals surface area (Å²) in [6, 6.07) is 12.1. The summed E-state index contributed by atoms with van der Waals surface area (Å²) in [6.45, 7) is 7.30. The Morgan fingerprint density at radius 2 is 1.98 bits per heavy atom. The number of hydrazine groups is 2. The first kappa shape index (κ1) is 28.6. The number of hydrogen-bond donors (Lipinski definition) is 4. The molecule has 0 radical (unpaired) electrons. The number of halogens is 1. The van der Waals surface area contributed by atoms with Crippen LogP contribution in [0.2, 0.25) is 5.02 Å². The molecule has 0 saturated heterocycles. The molecule has 0 amide bonds. The zero-order valence-electron chi connectivity index (χ0n) is 25.6. The third-order valence-electron chi connectivity index (χ3n) is 8.97. The van der Waals surface area contributed by atoms with Crippen LogP contribution >= 0.6 is 11.6 Å². The van der Waals surface area contributed by atoms with E-state index in [1.807, 2.05) is 18.2 Å². The number of fused-ring (bicyclic) bond motifs is 2. The molecule has 4 N–H and O–H groups in total. The molecule has 3 aliphatic rings. The Hall–Kier alpha value is -4.19. The van der Waals surface area contributed by atoms with Crippen molar-refractivity contribution in [2.45, 2.75) is 58.0 Å². The van der Waals surface area contributed by atoms with Gasteiger partial charge in [-0.1, -0.05) is 50.4 Å². The van der Waals surface area contributed by atoms with Gasteiger partial charge in [0.2, 0.25) is 5.88 Å². The van der Waals surface area contributed by atoms with Gasteiger partial charge in [-0.25, -0.2) is 4.98 Å². The quantitative estimate of drug-likeness (QED) is 0.149. The second kappa shape index (κ2) is 10.8. The van der Waals surface area contributed by atoms with E-state index in [1.165, 1.54) is 25.7 Å². The van der Waals surface area contributed by atoms with Crippen LogP contribution in [0.25, 0.3) is 21.7 Å². The van der Waals surface area contributed by atoms with Crippen LogP contribution in [0.15, 0.2) is 60.7 Å². The summed E-state index contributed by atoms with van der Waals surface area (Å²) in [6.07, 6.45) is 16.7. The van der Waals surface area contributed by atoms with E-state index < -0.39 is 0 Å². The van der Waals surface area contributed by atoms with Gasteiger partial charge in [0.25, 0.3) is 0 Å². The predicted molar refractivity (Wildman–Crippen MR) is 178 cm³/mol. The molecule has 0 unspecified atom stereocenters. The van der Waals surface area contributed by atoms with Gasteiger partial charge in [0.15, 0.2) is 0 Å². The minimum atomic E-state index is -0.249. The summed E-state index contributed by atoms with van der Waals surface area (Å²) >= 11 is 6.92. The number of nitrogens with one attached hydrogen (secondary N) is 4. The number of nitrogens with zero attached hydrogens (tertiary/aromatic N) is 3. The number of aromatic nitrogens is 2. The molecule has 4 aromatic rings. The fraction of sp³-hybridized carbons (Fsp3) is 0.371. The van der Waals surface area contributed by atoms with E-state index in [0.717, 1.165) is 51.3 Å². The van der Waals surface area contributed by atoms with Crippen LogP contribution in [0.1, 0.15) is 63.6 Å². The number of ether oxygens (including phenoxy) is 1. The van der Waals surface area contributed by atoms with E-state index in [2.05, 4.69) is 87.7 Å². The van der Waals surface area contributed by atoms with E-state index >= 15 is 0 Å². The monoisotopic (exact) mass is 607 g/mol. The molecule has 0 spiro atoms. The van der Waals surface area contributed by atoms with E-state index in [9.17, 15) is 0 Å². The van der Waals surface area contributed by atoms with Gasteiger partial charge >= 0.3 is 0 Å². The Morgan fingerprint density at radius 3 is 2.68 bits per heavy atom. The molecule has 1 aliphatic heterocycles. The lowest BCUT2D eigenvalue weighted by atomic mass is 9.96. The lowest BCUT2D eigenvalue weighted by Crippen LogP contribution is -2.46. The molecule has 0 bridgehead atoms. The van der Waals surface area contributed by atoms with Crippen molar-refractivity contribution in [2.75, 3.05) is 24.3 Å². The SMILES string of the molecule is C#Cc1cnc2c(Cl)cc(N[C@H](C3=CN(C4(C5CC5)CC4)NN3)c3cccc4c(OC)nccc34)cc2c1NCC(C)(C)C. The fourth-order valence-electron chi connectivity index (χ4n) is 6.41. The van der Waals surface area contributed by atoms with Gasteiger partial charge in [-0.2, -0.15) is 0 Å². The second-order valence-electron chi connectivity index (χ2n) is 13.4. The van der Waals surface area contributed by atoms with Crippen molar-refractivity contribution in [3.8, 4) is 18.2 Å². The number of terminal acetylenes is 1. The Labute approximate surface area is 263 Å². The smallest absolute Gasteiger partial charge is 0.221 e. The average molecular weight is 608 g/mol. The highest BCUT2D eigenvalue weighted by Gasteiger charge is 2.58. The molecule has 2 aliphatic carbocycles. The van der Waals surface area contributed by atoms with Crippen molar-refractivity contribution in [1.29, 1.82) is 0 Å². The van der Waals surface area contributed by atoms with Crippen molar-refractivity contribution in [1.82, 2.24) is 25.9 Å². The molecule has 44 heavy (non-hydrogen) atoms. The number of pyridine rings is 2. The van der Waals surface area contributed by atoms with Crippen LogP contribution in [0.3, 0.4) is 0 Å². The van der Waals surface area contributed by atoms with Crippen molar-refractivity contribution < 1.29 is 4.74 Å². The molecule has 8 nitrogen and oxygen atoms in total. The molecular weight excluding hydrogens is 570 g/mol. The molecule has 2 fully saturated rings. The third kappa shape index (κ3) is 5.14. The van der Waals surface area contributed by atoms with Crippen molar-refractivity contribution in [2.24, 2.45) is 11.3 Å². The first-order valence-corrected chi connectivity index (χ1v) is 15.6. The van der Waals surface area contributed by atoms with Gasteiger partial charge < -0.3 is 20.8 Å². The molecule has 9 heteroatoms. The summed E-state index contributed by atoms with van der Waals surface area (Å²) in [5.41, 5.74) is 12.5. The maximum Gasteiger partial charge on any atom is 0.221 e. The number of methoxy groups -OCH3 is 1. The number of hydrogen-bond acceptors (Lipinski definition) is 8. The lowest BCUT2D eigenvalue weighted by molar-refractivity contribution is 0.156. The Morgan fingerprint density at radius 1 is 1.16 bits per heavy atom. The molecule has 3 heterocycles. The van der Waals surface area contributed by atoms with Crippen molar-refractivity contribution in [3.63, 3.8) is 0 Å². The first-order valence-electron chi connectivity index (χ1n) is 15.2. The molecule has 1 atom stereocenters. The number of rotatable bonds is 9. The van der Waals surface area contributed by atoms with Crippen LogP contribution in [0.5, 0.6) is 5.88 Å². The second-order valence-corrected chi connectivity index (χ2v) is 13.8. The van der Waals surface area contributed by atoms with Crippen molar-refractivity contribution in [3.05, 3.63) is 76.8 Å². The average Bonchev–Trinajstić information content (AvgIpc) is 3.95. The van der Waals surface area contributed by atoms with Gasteiger partial charge in [-0.3, -0.25) is 9.99 Å². The molecule has 2 aromatic heterocycles. The van der Waals surface area contributed by atoms with Gasteiger partial charge in [0, 0.05) is 41.6 Å². The summed E-state index contributed by atoms with van der Waals surface area (Å²) < 4.78 is 5.63. The number of benzene rings is 2. The first-order chi connectivity index (χ1) is 21.2. The standard InChI is InChI=1S/C35H38ClN7O/c1-6-21-18-38-31-27(30(21)39-20-34(2,3)4)16-23(17-28(31)36)40-32(25-8-7-9-26-24(25)12-15-37-33(26)44-5)29-19-43(42-41-29)35(13-14-35)22-10-11-22/h1,7-9,12,15-19,22,32,40-42H,10-11,13-14,20H2,2-5H3,(H,38,39)/t32-/m0/s1. The Balaban J connectivity index is 1.34. The zero-order valence-corrected chi connectivity index (χ0v) is 26.3. The summed E-state index contributed by atoms with van der Waals surface area (Å²) in [7, 11) is 1.65. The van der Waals surface area contributed by atoms with E-state index in [1.54, 1.807) is 19.5 Å². The van der Waals surface area contributed by atoms with E-state index in [0.29, 0.717) is 22.0 Å². The normalized spacial score (nSPS) is 18.0. The topological polar surface area (TPSA) is 86.4 Å². The van der Waals surface area contributed by atoms with Gasteiger partial charge in [-0.05, 0) is 72.2 Å². The van der Waals surface area contributed by atoms with Crippen LogP contribution in [0.4, 0.5) is 11.4 Å². The molecule has 2 aromatic carbocycles. The maximum atomic E-state index is 6.92. The van der Waals surface area contributed by atoms with Gasteiger partial charge in [0.1, 0.15) is 0 Å². The number of anilines is 2. The van der Waals surface area contributed by atoms with Crippen LogP contribution in [0, 0.1) is 23.7 Å². The largest absolute Gasteiger partial charge is 0.481 e. The van der Waals surface area contributed by atoms with Crippen LogP contribution in [-0.4, -0.2) is 34.2 Å². The van der Waals surface area contributed by atoms with Crippen LogP contribution in [-0.2, 0) is 0 Å². The molecule has 2 saturated carbocycles. The van der Waals surface area contributed by atoms with E-state index in [4.69, 9.17) is 22.8 Å². The highest BCUT2D eigenvalue weighted by molar-refractivity contribution is 6.35. The van der Waals surface area contributed by atoms with Crippen LogP contribution < -0.4 is 26.3 Å². The molecule has 226 valence electrons. The molecular formula is C35H38ClN7O. The lowest BCUT2D eigenvalue weighted by Gasteiger charge is -2.26. The van der Waals surface area contributed by atoms with E-state index in [-0.39, 0.29) is 17.0 Å². The summed E-state index contributed by atoms with van der Waals surface area (Å²) in [5, 5.41) is 13.1. The van der Waals surface area contributed by atoms with Crippen molar-refractivity contribution >= 4 is 44.7 Å². The maximum absolute atomic E-state index is 6.92. The molecule has 7 rings (SSSR count). The Bertz CT molecular complexity index is 1830. The highest BCUT2D eigenvalue weighted by Crippen LogP contribution is 2.57. The summed E-state index contributed by atoms with van der Waals surface area (Å²) in [5.74, 6) is 4.15. The highest BCUT2D eigenvalue weighted by atomic mass is 35.5. The van der Waals surface area contributed by atoms with Gasteiger partial charge in [-0.15, -0.1) is 12.0 Å². The minimum absolute atomic E-state index is 0.0510. The fourth-order valence-corrected chi connectivity index (χ4v) is 6.68. The summed E-state index contributed by atoms with van der Waals surface area (Å²) in [4.78, 5) is 9.09. The van der Waals surface area contributed by atoms with Gasteiger partial charge in [0.05, 0.1) is 46.2 Å². The predicted octanol–water partition coefficient (Wildman–Crippen LogP) is 7.15. The third-order valence-corrected chi connectivity index (χ3v) is 9.26. The minimum Gasteiger partial charge on any atom is -0.481 e.